The predicted molar refractivity (Wildman–Crippen MR) is 129 cm³/mol. The summed E-state index contributed by atoms with van der Waals surface area (Å²) in [6, 6.07) is 16.8. The van der Waals surface area contributed by atoms with Crippen molar-refractivity contribution in [2.75, 3.05) is 31.9 Å². The number of nitrogens with zero attached hydrogens (tertiary/aromatic N) is 2. The topological polar surface area (TPSA) is 57.7 Å². The molecular weight excluding hydrogens is 428 g/mol. The van der Waals surface area contributed by atoms with Crippen LogP contribution in [0.25, 0.3) is 11.1 Å². The summed E-state index contributed by atoms with van der Waals surface area (Å²) in [4.78, 5) is 14.1. The van der Waals surface area contributed by atoms with Crippen LogP contribution in [-0.2, 0) is 14.8 Å². The van der Waals surface area contributed by atoms with E-state index in [9.17, 15) is 13.2 Å². The molecule has 0 saturated carbocycles. The maximum Gasteiger partial charge on any atom is 0.243 e. The summed E-state index contributed by atoms with van der Waals surface area (Å²) in [7, 11) is -3.67. The molecule has 5 nitrogen and oxygen atoms in total. The van der Waals surface area contributed by atoms with Gasteiger partial charge < -0.3 is 4.90 Å². The number of carbonyl (C=O) groups is 1. The van der Waals surface area contributed by atoms with Crippen LogP contribution in [0.4, 0.5) is 0 Å². The average Bonchev–Trinajstić information content (AvgIpc) is 2.79. The van der Waals surface area contributed by atoms with Crippen molar-refractivity contribution < 1.29 is 13.2 Å². The van der Waals surface area contributed by atoms with E-state index in [0.29, 0.717) is 17.2 Å². The molecule has 2 aromatic carbocycles. The quantitative estimate of drug-likeness (QED) is 0.552. The van der Waals surface area contributed by atoms with Gasteiger partial charge in [0, 0.05) is 31.8 Å². The Labute approximate surface area is 190 Å². The number of carbonyl (C=O) groups excluding carboxylic acids is 1. The van der Waals surface area contributed by atoms with Crippen LogP contribution in [0, 0.1) is 0 Å². The van der Waals surface area contributed by atoms with Crippen molar-refractivity contribution in [1.29, 1.82) is 0 Å². The van der Waals surface area contributed by atoms with Gasteiger partial charge in [0.25, 0.3) is 0 Å². The summed E-state index contributed by atoms with van der Waals surface area (Å²) in [5.74, 6) is 0.455. The van der Waals surface area contributed by atoms with Gasteiger partial charge in [-0.15, -0.1) is 0 Å². The Hall–Kier alpha value is -1.67. The molecule has 1 heterocycles. The number of hydrogen-bond donors (Lipinski definition) is 0. The number of piperidine rings is 1. The second-order valence-corrected chi connectivity index (χ2v) is 11.1. The molecule has 0 amide bonds. The highest BCUT2D eigenvalue weighted by Crippen LogP contribution is 2.25. The summed E-state index contributed by atoms with van der Waals surface area (Å²) in [5.41, 5.74) is 2.04. The Morgan fingerprint density at radius 1 is 1.00 bits per heavy atom. The van der Waals surface area contributed by atoms with Crippen molar-refractivity contribution in [2.24, 2.45) is 0 Å². The van der Waals surface area contributed by atoms with E-state index in [-0.39, 0.29) is 11.2 Å². The lowest BCUT2D eigenvalue weighted by molar-refractivity contribution is -0.109. The molecule has 1 atom stereocenters. The van der Waals surface area contributed by atoms with Crippen molar-refractivity contribution in [3.05, 3.63) is 54.6 Å². The molecule has 0 aliphatic carbocycles. The van der Waals surface area contributed by atoms with Crippen LogP contribution >= 0.6 is 11.8 Å². The lowest BCUT2D eigenvalue weighted by Crippen LogP contribution is -2.45. The number of hydrogen-bond acceptors (Lipinski definition) is 5. The zero-order valence-corrected chi connectivity index (χ0v) is 20.0. The Morgan fingerprint density at radius 3 is 2.23 bits per heavy atom. The molecule has 1 fully saturated rings. The zero-order chi connectivity index (χ0) is 22.3. The van der Waals surface area contributed by atoms with Gasteiger partial charge in [-0.2, -0.15) is 4.31 Å². The monoisotopic (exact) mass is 460 g/mol. The van der Waals surface area contributed by atoms with E-state index in [0.717, 1.165) is 30.8 Å². The molecule has 0 radical (unpaired) electrons. The van der Waals surface area contributed by atoms with E-state index in [1.807, 2.05) is 49.4 Å². The second kappa shape index (κ2) is 11.3. The molecular formula is C24H32N2O3S2. The SMILES string of the molecule is CC(=O)SC[C@@H](C)N(CCN1CCCCC1)S(=O)(=O)c1ccc(-c2ccccc2)cc1. The van der Waals surface area contributed by atoms with Crippen LogP contribution in [0.1, 0.15) is 33.1 Å². The molecule has 31 heavy (non-hydrogen) atoms. The molecule has 0 bridgehead atoms. The smallest absolute Gasteiger partial charge is 0.243 e. The first-order valence-electron chi connectivity index (χ1n) is 10.9. The van der Waals surface area contributed by atoms with Crippen molar-refractivity contribution in [2.45, 2.75) is 44.0 Å². The fourth-order valence-corrected chi connectivity index (χ4v) is 6.28. The van der Waals surface area contributed by atoms with E-state index in [2.05, 4.69) is 4.90 Å². The Morgan fingerprint density at radius 2 is 1.61 bits per heavy atom. The van der Waals surface area contributed by atoms with E-state index in [1.165, 1.54) is 37.9 Å². The molecule has 1 aliphatic heterocycles. The van der Waals surface area contributed by atoms with Gasteiger partial charge in [0.2, 0.25) is 10.0 Å². The molecule has 3 rings (SSSR count). The van der Waals surface area contributed by atoms with Crippen LogP contribution in [0.2, 0.25) is 0 Å². The average molecular weight is 461 g/mol. The van der Waals surface area contributed by atoms with Gasteiger partial charge in [-0.25, -0.2) is 8.42 Å². The van der Waals surface area contributed by atoms with Gasteiger partial charge in [0.15, 0.2) is 5.12 Å². The number of thioether (sulfide) groups is 1. The number of likely N-dealkylation sites (tertiary alicyclic amines) is 1. The van der Waals surface area contributed by atoms with Crippen LogP contribution in [0.5, 0.6) is 0 Å². The van der Waals surface area contributed by atoms with Crippen LogP contribution < -0.4 is 0 Å². The van der Waals surface area contributed by atoms with Gasteiger partial charge in [-0.05, 0) is 56.1 Å². The lowest BCUT2D eigenvalue weighted by atomic mass is 10.1. The maximum atomic E-state index is 13.6. The van der Waals surface area contributed by atoms with Crippen LogP contribution in [-0.4, -0.2) is 60.7 Å². The van der Waals surface area contributed by atoms with E-state index in [4.69, 9.17) is 0 Å². The largest absolute Gasteiger partial charge is 0.302 e. The number of rotatable bonds is 9. The van der Waals surface area contributed by atoms with Crippen LogP contribution in [0.15, 0.2) is 59.5 Å². The fraction of sp³-hybridized carbons (Fsp3) is 0.458. The van der Waals surface area contributed by atoms with Gasteiger partial charge in [0.05, 0.1) is 4.90 Å². The van der Waals surface area contributed by atoms with Crippen molar-refractivity contribution >= 4 is 26.9 Å². The van der Waals surface area contributed by atoms with E-state index < -0.39 is 10.0 Å². The predicted octanol–water partition coefficient (Wildman–Crippen LogP) is 4.50. The van der Waals surface area contributed by atoms with Gasteiger partial charge in [0.1, 0.15) is 0 Å². The molecule has 0 aromatic heterocycles. The summed E-state index contributed by atoms with van der Waals surface area (Å²) < 4.78 is 28.7. The highest BCUT2D eigenvalue weighted by molar-refractivity contribution is 8.13. The first-order chi connectivity index (χ1) is 14.9. The summed E-state index contributed by atoms with van der Waals surface area (Å²) in [5, 5.41) is 0.00689. The molecule has 1 saturated heterocycles. The first-order valence-corrected chi connectivity index (χ1v) is 13.3. The van der Waals surface area contributed by atoms with Gasteiger partial charge >= 0.3 is 0 Å². The molecule has 7 heteroatoms. The third kappa shape index (κ3) is 6.65. The zero-order valence-electron chi connectivity index (χ0n) is 18.4. The molecule has 0 spiro atoms. The van der Waals surface area contributed by atoms with E-state index >= 15 is 0 Å². The lowest BCUT2D eigenvalue weighted by Gasteiger charge is -2.32. The second-order valence-electron chi connectivity index (χ2n) is 8.06. The fourth-order valence-electron chi connectivity index (χ4n) is 3.91. The third-order valence-electron chi connectivity index (χ3n) is 5.67. The van der Waals surface area contributed by atoms with Crippen molar-refractivity contribution in [1.82, 2.24) is 9.21 Å². The Bertz CT molecular complexity index is 941. The minimum Gasteiger partial charge on any atom is -0.302 e. The van der Waals surface area contributed by atoms with Gasteiger partial charge in [-0.1, -0.05) is 60.6 Å². The number of sulfonamides is 1. The Balaban J connectivity index is 1.80. The van der Waals surface area contributed by atoms with Crippen molar-refractivity contribution in [3.63, 3.8) is 0 Å². The number of benzene rings is 2. The highest BCUT2D eigenvalue weighted by atomic mass is 32.2. The summed E-state index contributed by atoms with van der Waals surface area (Å²) in [6.07, 6.45) is 3.59. The Kier molecular flexibility index (Phi) is 8.72. The summed E-state index contributed by atoms with van der Waals surface area (Å²) in [6.45, 7) is 6.61. The minimum atomic E-state index is -3.67. The normalized spacial score (nSPS) is 16.4. The molecule has 0 unspecified atom stereocenters. The third-order valence-corrected chi connectivity index (χ3v) is 8.76. The summed E-state index contributed by atoms with van der Waals surface area (Å²) >= 11 is 1.18. The molecule has 1 aliphatic rings. The molecule has 2 aromatic rings. The molecule has 0 N–H and O–H groups in total. The first kappa shape index (κ1) is 24.0. The minimum absolute atomic E-state index is 0.00689. The van der Waals surface area contributed by atoms with Crippen LogP contribution in [0.3, 0.4) is 0 Å². The maximum absolute atomic E-state index is 13.6. The highest BCUT2D eigenvalue weighted by Gasteiger charge is 2.30. The standard InChI is InChI=1S/C24H32N2O3S2/c1-20(19-30-21(2)27)26(18-17-25-15-7-4-8-16-25)31(28,29)24-13-11-23(12-14-24)22-9-5-3-6-10-22/h3,5-6,9-14,20H,4,7-8,15-19H2,1-2H3/t20-/m1/s1. The van der Waals surface area contributed by atoms with Gasteiger partial charge in [-0.3, -0.25) is 4.79 Å². The van der Waals surface area contributed by atoms with Crippen molar-refractivity contribution in [3.8, 4) is 11.1 Å². The van der Waals surface area contributed by atoms with E-state index in [1.54, 1.807) is 16.4 Å². The molecule has 168 valence electrons.